The van der Waals surface area contributed by atoms with Gasteiger partial charge in [0.15, 0.2) is 23.1 Å². The molecule has 5 heterocycles. The maximum Gasteiger partial charge on any atom is 0.252 e. The summed E-state index contributed by atoms with van der Waals surface area (Å²) in [6.07, 6.45) is 11.7. The number of fused-ring (bicyclic) bond motifs is 1. The molecule has 0 bridgehead atoms. The van der Waals surface area contributed by atoms with E-state index in [1.165, 1.54) is 17.1 Å². The fraction of sp³-hybridized carbons (Fsp3) is 0.448. The number of anilines is 2. The zero-order chi connectivity index (χ0) is 30.4. The molecule has 44 heavy (non-hydrogen) atoms. The highest BCUT2D eigenvalue weighted by Crippen LogP contribution is 2.42. The van der Waals surface area contributed by atoms with Gasteiger partial charge >= 0.3 is 0 Å². The number of H-pyrrole nitrogens is 1. The normalized spacial score (nSPS) is 21.0. The molecule has 15 heteroatoms. The molecule has 5 aromatic rings. The molecule has 0 unspecified atom stereocenters. The van der Waals surface area contributed by atoms with E-state index in [1.54, 1.807) is 13.3 Å². The van der Waals surface area contributed by atoms with Crippen molar-refractivity contribution < 1.29 is 13.9 Å². The van der Waals surface area contributed by atoms with Crippen LogP contribution in [0.5, 0.6) is 0 Å². The van der Waals surface area contributed by atoms with Gasteiger partial charge in [-0.05, 0) is 52.4 Å². The standard InChI is InChI=1S/C29H33FN12O2/c1-16-10-23(40-39-16)36-26-21-12-34-42(20-4-5-20)27(21)38-25(37-26)18-6-8-29(44-3,9-7-18)28(43)35-17(2)22-13-32-24(14-31-22)41-15-19(30)11-33-41/h10-15,17-18,20H,4-9H2,1-3H3,(H,35,43)(H2,36,37,38,39,40)/t17-,18-,29-/m0/s1. The molecule has 7 rings (SSSR count). The highest BCUT2D eigenvalue weighted by Gasteiger charge is 2.43. The van der Waals surface area contributed by atoms with Crippen LogP contribution in [0.25, 0.3) is 16.9 Å². The topological polar surface area (TPSA) is 166 Å². The van der Waals surface area contributed by atoms with Crippen LogP contribution >= 0.6 is 0 Å². The lowest BCUT2D eigenvalue weighted by Gasteiger charge is -2.38. The Labute approximate surface area is 251 Å². The Bertz CT molecular complexity index is 1800. The van der Waals surface area contributed by atoms with E-state index in [1.807, 2.05) is 30.8 Å². The van der Waals surface area contributed by atoms with E-state index in [0.717, 1.165) is 41.6 Å². The first kappa shape index (κ1) is 28.0. The number of aromatic amines is 1. The van der Waals surface area contributed by atoms with Crippen molar-refractivity contribution >= 4 is 28.6 Å². The minimum absolute atomic E-state index is 0.0439. The Kier molecular flexibility index (Phi) is 7.03. The van der Waals surface area contributed by atoms with Gasteiger partial charge in [-0.25, -0.2) is 28.7 Å². The highest BCUT2D eigenvalue weighted by atomic mass is 19.1. The summed E-state index contributed by atoms with van der Waals surface area (Å²) in [5.74, 6) is 1.82. The summed E-state index contributed by atoms with van der Waals surface area (Å²) in [5.41, 5.74) is 1.33. The van der Waals surface area contributed by atoms with E-state index in [9.17, 15) is 9.18 Å². The minimum Gasteiger partial charge on any atom is -0.368 e. The number of carbonyl (C=O) groups excluding carboxylic acids is 1. The van der Waals surface area contributed by atoms with Gasteiger partial charge in [0.05, 0.1) is 54.1 Å². The first-order valence-corrected chi connectivity index (χ1v) is 14.7. The fourth-order valence-electron chi connectivity index (χ4n) is 5.78. The number of hydrogen-bond acceptors (Lipinski definition) is 10. The molecule has 0 saturated heterocycles. The number of aromatic nitrogens is 10. The first-order valence-electron chi connectivity index (χ1n) is 14.7. The SMILES string of the molecule is CO[C@]1(C(=O)N[C@@H](C)c2cnc(-n3cc(F)cn3)cn2)CC[C@@H](c2nc(Nc3cc(C)[nH]n3)c3cnn(C4CC4)c3n2)CC1. The van der Waals surface area contributed by atoms with Crippen LogP contribution in [-0.4, -0.2) is 68.3 Å². The fourth-order valence-corrected chi connectivity index (χ4v) is 5.78. The number of ether oxygens (including phenoxy) is 1. The van der Waals surface area contributed by atoms with Gasteiger partial charge < -0.3 is 15.4 Å². The molecular weight excluding hydrogens is 567 g/mol. The van der Waals surface area contributed by atoms with Crippen LogP contribution in [0.15, 0.2) is 37.1 Å². The van der Waals surface area contributed by atoms with Crippen molar-refractivity contribution in [3.8, 4) is 5.82 Å². The van der Waals surface area contributed by atoms with Gasteiger partial charge in [0, 0.05) is 24.8 Å². The molecule has 1 atom stereocenters. The second kappa shape index (κ2) is 11.0. The lowest BCUT2D eigenvalue weighted by Crippen LogP contribution is -2.51. The molecule has 2 aliphatic rings. The number of amides is 1. The van der Waals surface area contributed by atoms with Crippen LogP contribution in [0.1, 0.15) is 80.7 Å². The molecule has 0 spiro atoms. The summed E-state index contributed by atoms with van der Waals surface area (Å²) in [7, 11) is 1.58. The van der Waals surface area contributed by atoms with Crippen LogP contribution < -0.4 is 10.6 Å². The zero-order valence-corrected chi connectivity index (χ0v) is 24.7. The summed E-state index contributed by atoms with van der Waals surface area (Å²) in [6, 6.07) is 1.87. The average molecular weight is 601 g/mol. The minimum atomic E-state index is -0.988. The largest absolute Gasteiger partial charge is 0.368 e. The van der Waals surface area contributed by atoms with E-state index in [2.05, 4.69) is 41.0 Å². The van der Waals surface area contributed by atoms with Crippen molar-refractivity contribution in [1.82, 2.24) is 55.0 Å². The Balaban J connectivity index is 1.06. The van der Waals surface area contributed by atoms with Crippen molar-refractivity contribution in [3.05, 3.63) is 60.1 Å². The van der Waals surface area contributed by atoms with Crippen LogP contribution in [0.4, 0.5) is 16.0 Å². The Hall–Kier alpha value is -4.79. The van der Waals surface area contributed by atoms with Gasteiger partial charge in [-0.3, -0.25) is 14.9 Å². The number of aryl methyl sites for hydroxylation is 1. The molecule has 2 saturated carbocycles. The predicted octanol–water partition coefficient (Wildman–Crippen LogP) is 3.97. The third-order valence-corrected chi connectivity index (χ3v) is 8.51. The average Bonchev–Trinajstić information content (AvgIpc) is 3.41. The van der Waals surface area contributed by atoms with Crippen LogP contribution in [0.2, 0.25) is 0 Å². The van der Waals surface area contributed by atoms with E-state index < -0.39 is 17.5 Å². The molecule has 2 fully saturated rings. The van der Waals surface area contributed by atoms with Crippen LogP contribution in [-0.2, 0) is 9.53 Å². The van der Waals surface area contributed by atoms with Crippen LogP contribution in [0, 0.1) is 12.7 Å². The van der Waals surface area contributed by atoms with Crippen molar-refractivity contribution in [2.45, 2.75) is 76.0 Å². The number of carbonyl (C=O) groups is 1. The summed E-state index contributed by atoms with van der Waals surface area (Å²) < 4.78 is 22.5. The van der Waals surface area contributed by atoms with E-state index in [4.69, 9.17) is 14.7 Å². The molecule has 228 valence electrons. The zero-order valence-electron chi connectivity index (χ0n) is 24.7. The quantitative estimate of drug-likeness (QED) is 0.225. The number of rotatable bonds is 9. The second-order valence-electron chi connectivity index (χ2n) is 11.6. The van der Waals surface area contributed by atoms with Gasteiger partial charge in [-0.1, -0.05) is 0 Å². The van der Waals surface area contributed by atoms with Gasteiger partial charge in [-0.15, -0.1) is 0 Å². The summed E-state index contributed by atoms with van der Waals surface area (Å²) >= 11 is 0. The number of methoxy groups -OCH3 is 1. The Morgan fingerprint density at radius 3 is 2.57 bits per heavy atom. The molecular formula is C29H33FN12O2. The molecule has 5 aromatic heterocycles. The molecule has 14 nitrogen and oxygen atoms in total. The van der Waals surface area contributed by atoms with Gasteiger partial charge in [0.2, 0.25) is 0 Å². The summed E-state index contributed by atoms with van der Waals surface area (Å²) in [5, 5.41) is 23.1. The number of nitrogens with zero attached hydrogens (tertiary/aromatic N) is 9. The lowest BCUT2D eigenvalue weighted by molar-refractivity contribution is -0.148. The maximum atomic E-state index is 13.6. The molecule has 0 radical (unpaired) electrons. The number of halogens is 1. The van der Waals surface area contributed by atoms with Crippen molar-refractivity contribution in [2.75, 3.05) is 12.4 Å². The van der Waals surface area contributed by atoms with Gasteiger partial charge in [0.25, 0.3) is 5.91 Å². The van der Waals surface area contributed by atoms with Crippen molar-refractivity contribution in [2.24, 2.45) is 0 Å². The third-order valence-electron chi connectivity index (χ3n) is 8.51. The van der Waals surface area contributed by atoms with E-state index in [0.29, 0.717) is 54.9 Å². The molecule has 3 N–H and O–H groups in total. The van der Waals surface area contributed by atoms with E-state index in [-0.39, 0.29) is 11.8 Å². The monoisotopic (exact) mass is 600 g/mol. The van der Waals surface area contributed by atoms with Gasteiger partial charge in [0.1, 0.15) is 17.2 Å². The summed E-state index contributed by atoms with van der Waals surface area (Å²) in [6.45, 7) is 3.78. The van der Waals surface area contributed by atoms with Crippen molar-refractivity contribution in [3.63, 3.8) is 0 Å². The van der Waals surface area contributed by atoms with Crippen molar-refractivity contribution in [1.29, 1.82) is 0 Å². The molecule has 0 aromatic carbocycles. The number of nitrogens with one attached hydrogen (secondary N) is 3. The summed E-state index contributed by atoms with van der Waals surface area (Å²) in [4.78, 5) is 32.3. The lowest BCUT2D eigenvalue weighted by atomic mass is 9.77. The predicted molar refractivity (Wildman–Crippen MR) is 157 cm³/mol. The molecule has 0 aliphatic heterocycles. The maximum absolute atomic E-state index is 13.6. The second-order valence-corrected chi connectivity index (χ2v) is 11.6. The van der Waals surface area contributed by atoms with Gasteiger partial charge in [-0.2, -0.15) is 15.3 Å². The first-order chi connectivity index (χ1) is 21.3. The highest BCUT2D eigenvalue weighted by molar-refractivity contribution is 5.88. The van der Waals surface area contributed by atoms with Crippen LogP contribution in [0.3, 0.4) is 0 Å². The Morgan fingerprint density at radius 1 is 1.11 bits per heavy atom. The van der Waals surface area contributed by atoms with E-state index >= 15 is 0 Å². The third kappa shape index (κ3) is 5.27. The smallest absolute Gasteiger partial charge is 0.252 e. The molecule has 2 aliphatic carbocycles. The Morgan fingerprint density at radius 2 is 1.93 bits per heavy atom. The number of hydrogen-bond donors (Lipinski definition) is 3. The molecule has 1 amide bonds.